The molecule has 3 fully saturated rings. The molecule has 2 amide bonds. The maximum atomic E-state index is 12.8. The van der Waals surface area contributed by atoms with Gasteiger partial charge < -0.3 is 20.1 Å². The monoisotopic (exact) mass is 370 g/mol. The highest BCUT2D eigenvalue weighted by Crippen LogP contribution is 2.39. The molecule has 8 nitrogen and oxygen atoms in total. The molecular formula is C19H26N6O2. The number of aromatic nitrogens is 3. The van der Waals surface area contributed by atoms with Gasteiger partial charge in [0.05, 0.1) is 12.2 Å². The van der Waals surface area contributed by atoms with Crippen molar-refractivity contribution >= 4 is 17.5 Å². The summed E-state index contributed by atoms with van der Waals surface area (Å²) in [7, 11) is 1.90. The van der Waals surface area contributed by atoms with Crippen LogP contribution in [0, 0.1) is 11.8 Å². The van der Waals surface area contributed by atoms with Crippen molar-refractivity contribution < 1.29 is 9.59 Å². The summed E-state index contributed by atoms with van der Waals surface area (Å²) in [4.78, 5) is 27.7. The molecule has 144 valence electrons. The lowest BCUT2D eigenvalue weighted by Crippen LogP contribution is -2.66. The average Bonchev–Trinajstić information content (AvgIpc) is 3.25. The Balaban J connectivity index is 1.36. The van der Waals surface area contributed by atoms with Crippen LogP contribution in [0.15, 0.2) is 18.6 Å². The van der Waals surface area contributed by atoms with Crippen LogP contribution < -0.4 is 10.6 Å². The van der Waals surface area contributed by atoms with Crippen molar-refractivity contribution in [1.82, 2.24) is 29.7 Å². The maximum absolute atomic E-state index is 12.8. The molecule has 3 aliphatic rings. The van der Waals surface area contributed by atoms with E-state index in [0.717, 1.165) is 38.0 Å². The van der Waals surface area contributed by atoms with E-state index in [4.69, 9.17) is 0 Å². The first-order valence-corrected chi connectivity index (χ1v) is 9.92. The Morgan fingerprint density at radius 2 is 2.19 bits per heavy atom. The van der Waals surface area contributed by atoms with Crippen LogP contribution in [0.4, 0.5) is 0 Å². The van der Waals surface area contributed by atoms with Gasteiger partial charge in [-0.15, -0.1) is 0 Å². The van der Waals surface area contributed by atoms with Crippen molar-refractivity contribution in [2.24, 2.45) is 18.9 Å². The second kappa shape index (κ2) is 6.37. The van der Waals surface area contributed by atoms with Crippen LogP contribution in [-0.4, -0.2) is 62.6 Å². The summed E-state index contributed by atoms with van der Waals surface area (Å²) in [6.45, 7) is 2.43. The Morgan fingerprint density at radius 3 is 3.07 bits per heavy atom. The molecule has 0 aliphatic carbocycles. The van der Waals surface area contributed by atoms with Crippen LogP contribution in [0.25, 0.3) is 5.65 Å². The maximum Gasteiger partial charge on any atom is 0.256 e. The average molecular weight is 370 g/mol. The third-order valence-electron chi connectivity index (χ3n) is 6.65. The van der Waals surface area contributed by atoms with E-state index >= 15 is 0 Å². The van der Waals surface area contributed by atoms with Crippen molar-refractivity contribution in [3.63, 3.8) is 0 Å². The summed E-state index contributed by atoms with van der Waals surface area (Å²) in [5.41, 5.74) is 1.35. The number of fused-ring (bicyclic) bond motifs is 5. The highest BCUT2D eigenvalue weighted by atomic mass is 16.2. The normalized spacial score (nSPS) is 30.4. The van der Waals surface area contributed by atoms with Crippen LogP contribution in [0.5, 0.6) is 0 Å². The van der Waals surface area contributed by atoms with Crippen LogP contribution in [0.1, 0.15) is 36.0 Å². The number of amides is 2. The molecule has 27 heavy (non-hydrogen) atoms. The van der Waals surface area contributed by atoms with Gasteiger partial charge in [0.25, 0.3) is 5.91 Å². The summed E-state index contributed by atoms with van der Waals surface area (Å²) in [5.74, 6) is 1.10. The van der Waals surface area contributed by atoms with Gasteiger partial charge in [-0.3, -0.25) is 9.59 Å². The highest BCUT2D eigenvalue weighted by molar-refractivity contribution is 5.99. The highest BCUT2D eigenvalue weighted by Gasteiger charge is 2.47. The molecular weight excluding hydrogens is 344 g/mol. The van der Waals surface area contributed by atoms with Crippen molar-refractivity contribution in [2.45, 2.75) is 37.8 Å². The molecule has 0 unspecified atom stereocenters. The Morgan fingerprint density at radius 1 is 1.33 bits per heavy atom. The first-order valence-electron chi connectivity index (χ1n) is 9.92. The molecule has 2 aromatic heterocycles. The second-order valence-electron chi connectivity index (χ2n) is 8.19. The van der Waals surface area contributed by atoms with E-state index < -0.39 is 0 Å². The zero-order valence-electron chi connectivity index (χ0n) is 15.6. The Hall–Kier alpha value is -2.35. The number of imidazole rings is 1. The smallest absolute Gasteiger partial charge is 0.256 e. The molecule has 0 aromatic carbocycles. The molecule has 0 spiro atoms. The van der Waals surface area contributed by atoms with E-state index in [1.165, 1.54) is 0 Å². The summed E-state index contributed by atoms with van der Waals surface area (Å²) >= 11 is 0. The number of nitrogens with zero attached hydrogens (tertiary/aromatic N) is 4. The molecule has 8 heteroatoms. The van der Waals surface area contributed by atoms with Crippen molar-refractivity contribution in [3.8, 4) is 0 Å². The van der Waals surface area contributed by atoms with Crippen molar-refractivity contribution in [3.05, 3.63) is 24.2 Å². The molecule has 0 saturated carbocycles. The van der Waals surface area contributed by atoms with E-state index in [1.54, 1.807) is 10.7 Å². The van der Waals surface area contributed by atoms with Gasteiger partial charge in [0.2, 0.25) is 5.91 Å². The standard InChI is InChI=1S/C19H26N6O2/c1-23-5-6-24-19(23)14(10-22-24)18(27)21-11-16-13-7-12(8-20-9-13)15-3-2-4-17(26)25(15)16/h5-6,10,12-13,15-16,20H,2-4,7-9,11H2,1H3,(H,21,27)/t12-,13+,15+,16+/m1/s1. The fourth-order valence-corrected chi connectivity index (χ4v) is 5.40. The fourth-order valence-electron chi connectivity index (χ4n) is 5.40. The van der Waals surface area contributed by atoms with E-state index in [1.807, 2.05) is 24.0 Å². The predicted octanol–water partition coefficient (Wildman–Crippen LogP) is 0.392. The lowest BCUT2D eigenvalue weighted by atomic mass is 9.72. The topological polar surface area (TPSA) is 83.7 Å². The summed E-state index contributed by atoms with van der Waals surface area (Å²) < 4.78 is 3.59. The summed E-state index contributed by atoms with van der Waals surface area (Å²) in [6, 6.07) is 0.406. The van der Waals surface area contributed by atoms with E-state index in [-0.39, 0.29) is 17.9 Å². The van der Waals surface area contributed by atoms with Gasteiger partial charge in [-0.1, -0.05) is 0 Å². The van der Waals surface area contributed by atoms with Gasteiger partial charge in [0, 0.05) is 45.0 Å². The van der Waals surface area contributed by atoms with Crippen LogP contribution in [0.3, 0.4) is 0 Å². The van der Waals surface area contributed by atoms with E-state index in [0.29, 0.717) is 36.4 Å². The minimum absolute atomic E-state index is 0.0790. The quantitative estimate of drug-likeness (QED) is 0.819. The number of hydrogen-bond donors (Lipinski definition) is 2. The lowest BCUT2D eigenvalue weighted by molar-refractivity contribution is -0.148. The zero-order valence-corrected chi connectivity index (χ0v) is 15.6. The number of nitrogens with one attached hydrogen (secondary N) is 2. The predicted molar refractivity (Wildman–Crippen MR) is 99.2 cm³/mol. The van der Waals surface area contributed by atoms with Gasteiger partial charge in [0.15, 0.2) is 0 Å². The Kier molecular flexibility index (Phi) is 3.96. The molecule has 2 bridgehead atoms. The van der Waals surface area contributed by atoms with Crippen LogP contribution in [0.2, 0.25) is 0 Å². The second-order valence-corrected chi connectivity index (χ2v) is 8.19. The summed E-state index contributed by atoms with van der Waals surface area (Å²) in [5, 5.41) is 10.9. The van der Waals surface area contributed by atoms with Gasteiger partial charge in [-0.2, -0.15) is 5.10 Å². The first-order chi connectivity index (χ1) is 13.1. The SMILES string of the molecule is Cn1ccn2ncc(C(=O)NC[C@H]3[C@@H]4CNC[C@@H](C4)[C@@H]4CCCC(=O)N43)c12. The number of piperidine rings is 3. The zero-order chi connectivity index (χ0) is 18.5. The number of rotatable bonds is 3. The number of carbonyl (C=O) groups is 2. The Bertz CT molecular complexity index is 886. The van der Waals surface area contributed by atoms with Gasteiger partial charge in [-0.25, -0.2) is 4.52 Å². The third kappa shape index (κ3) is 2.65. The third-order valence-corrected chi connectivity index (χ3v) is 6.65. The molecule has 5 rings (SSSR count). The van der Waals surface area contributed by atoms with Crippen LogP contribution >= 0.6 is 0 Å². The van der Waals surface area contributed by atoms with Gasteiger partial charge in [0.1, 0.15) is 11.2 Å². The molecule has 2 N–H and O–H groups in total. The van der Waals surface area contributed by atoms with Crippen molar-refractivity contribution in [1.29, 1.82) is 0 Å². The largest absolute Gasteiger partial charge is 0.350 e. The molecule has 4 atom stereocenters. The minimum atomic E-state index is -0.126. The minimum Gasteiger partial charge on any atom is -0.350 e. The number of aryl methyl sites for hydroxylation is 1. The fraction of sp³-hybridized carbons (Fsp3) is 0.632. The van der Waals surface area contributed by atoms with Gasteiger partial charge in [-0.05, 0) is 37.6 Å². The van der Waals surface area contributed by atoms with Gasteiger partial charge >= 0.3 is 0 Å². The molecule has 0 radical (unpaired) electrons. The molecule has 5 heterocycles. The summed E-state index contributed by atoms with van der Waals surface area (Å²) in [6.07, 6.45) is 9.19. The molecule has 3 aliphatic heterocycles. The van der Waals surface area contributed by atoms with E-state index in [2.05, 4.69) is 20.6 Å². The number of carbonyl (C=O) groups excluding carboxylic acids is 2. The Labute approximate surface area is 157 Å². The number of hydrogen-bond acceptors (Lipinski definition) is 4. The lowest BCUT2D eigenvalue weighted by Gasteiger charge is -2.54. The van der Waals surface area contributed by atoms with Crippen molar-refractivity contribution in [2.75, 3.05) is 19.6 Å². The first kappa shape index (κ1) is 16.8. The van der Waals surface area contributed by atoms with E-state index in [9.17, 15) is 9.59 Å². The molecule has 3 saturated heterocycles. The molecule has 2 aromatic rings. The van der Waals surface area contributed by atoms with Crippen LogP contribution in [-0.2, 0) is 11.8 Å².